The van der Waals surface area contributed by atoms with Gasteiger partial charge in [-0.25, -0.2) is 4.98 Å². The highest BCUT2D eigenvalue weighted by atomic mass is 35.5. The van der Waals surface area contributed by atoms with Gasteiger partial charge in [0, 0.05) is 13.1 Å². The van der Waals surface area contributed by atoms with Crippen LogP contribution in [0.4, 0.5) is 0 Å². The maximum Gasteiger partial charge on any atom is 0.129 e. The summed E-state index contributed by atoms with van der Waals surface area (Å²) in [6.07, 6.45) is 5.35. The SMILES string of the molecule is Clc1ccc(Cl)c(CN2CCC(CN3CCCC3)CC2)n1. The van der Waals surface area contributed by atoms with Crippen LogP contribution in [0, 0.1) is 5.92 Å². The van der Waals surface area contributed by atoms with Gasteiger partial charge in [-0.3, -0.25) is 4.90 Å². The third kappa shape index (κ3) is 4.32. The Labute approximate surface area is 137 Å². The lowest BCUT2D eigenvalue weighted by molar-refractivity contribution is 0.148. The average Bonchev–Trinajstić information content (AvgIpc) is 2.98. The Kier molecular flexibility index (Phi) is 5.38. The van der Waals surface area contributed by atoms with Crippen molar-refractivity contribution in [1.82, 2.24) is 14.8 Å². The molecule has 0 spiro atoms. The summed E-state index contributed by atoms with van der Waals surface area (Å²) in [5.74, 6) is 0.863. The predicted octanol–water partition coefficient (Wildman–Crippen LogP) is 3.70. The highest BCUT2D eigenvalue weighted by Gasteiger charge is 2.23. The first-order valence-corrected chi connectivity index (χ1v) is 8.72. The highest BCUT2D eigenvalue weighted by molar-refractivity contribution is 6.32. The van der Waals surface area contributed by atoms with E-state index in [0.29, 0.717) is 5.15 Å². The van der Waals surface area contributed by atoms with Gasteiger partial charge >= 0.3 is 0 Å². The van der Waals surface area contributed by atoms with Crippen molar-refractivity contribution in [1.29, 1.82) is 0 Å². The Hall–Kier alpha value is -0.350. The number of aromatic nitrogens is 1. The Bertz CT molecular complexity index is 467. The van der Waals surface area contributed by atoms with Crippen LogP contribution in [0.15, 0.2) is 12.1 Å². The van der Waals surface area contributed by atoms with Crippen molar-refractivity contribution >= 4 is 23.2 Å². The zero-order chi connectivity index (χ0) is 14.7. The molecule has 0 unspecified atom stereocenters. The minimum Gasteiger partial charge on any atom is -0.303 e. The van der Waals surface area contributed by atoms with Crippen LogP contribution in [0.1, 0.15) is 31.4 Å². The van der Waals surface area contributed by atoms with E-state index in [9.17, 15) is 0 Å². The Balaban J connectivity index is 1.48. The van der Waals surface area contributed by atoms with Gasteiger partial charge in [0.1, 0.15) is 5.15 Å². The van der Waals surface area contributed by atoms with E-state index >= 15 is 0 Å². The molecular formula is C16H23Cl2N3. The van der Waals surface area contributed by atoms with Gasteiger partial charge < -0.3 is 4.90 Å². The molecule has 5 heteroatoms. The summed E-state index contributed by atoms with van der Waals surface area (Å²) in [7, 11) is 0. The van der Waals surface area contributed by atoms with E-state index in [2.05, 4.69) is 14.8 Å². The summed E-state index contributed by atoms with van der Waals surface area (Å²) in [6, 6.07) is 3.59. The molecule has 0 radical (unpaired) electrons. The highest BCUT2D eigenvalue weighted by Crippen LogP contribution is 2.24. The molecule has 1 aromatic heterocycles. The van der Waals surface area contributed by atoms with Crippen molar-refractivity contribution in [2.24, 2.45) is 5.92 Å². The Morgan fingerprint density at radius 2 is 1.71 bits per heavy atom. The van der Waals surface area contributed by atoms with Crippen LogP contribution >= 0.6 is 23.2 Å². The Morgan fingerprint density at radius 1 is 1.00 bits per heavy atom. The molecule has 0 aliphatic carbocycles. The first kappa shape index (κ1) is 15.5. The predicted molar refractivity (Wildman–Crippen MR) is 87.9 cm³/mol. The smallest absolute Gasteiger partial charge is 0.129 e. The quantitative estimate of drug-likeness (QED) is 0.786. The number of pyridine rings is 1. The molecule has 116 valence electrons. The van der Waals surface area contributed by atoms with Gasteiger partial charge in [-0.1, -0.05) is 23.2 Å². The zero-order valence-corrected chi connectivity index (χ0v) is 13.9. The lowest BCUT2D eigenvalue weighted by Gasteiger charge is -2.33. The molecular weight excluding hydrogens is 305 g/mol. The molecule has 3 heterocycles. The third-order valence-corrected chi connectivity index (χ3v) is 5.23. The second kappa shape index (κ2) is 7.28. The summed E-state index contributed by atoms with van der Waals surface area (Å²) in [4.78, 5) is 9.44. The van der Waals surface area contributed by atoms with Gasteiger partial charge in [-0.05, 0) is 69.9 Å². The molecule has 1 aromatic rings. The van der Waals surface area contributed by atoms with E-state index in [1.54, 1.807) is 6.07 Å². The number of rotatable bonds is 4. The average molecular weight is 328 g/mol. The summed E-state index contributed by atoms with van der Waals surface area (Å²) >= 11 is 12.2. The minimum atomic E-state index is 0.526. The Morgan fingerprint density at radius 3 is 2.43 bits per heavy atom. The fourth-order valence-electron chi connectivity index (χ4n) is 3.44. The van der Waals surface area contributed by atoms with Crippen LogP contribution in [-0.4, -0.2) is 47.5 Å². The van der Waals surface area contributed by atoms with Crippen LogP contribution < -0.4 is 0 Å². The van der Waals surface area contributed by atoms with E-state index in [1.807, 2.05) is 6.07 Å². The van der Waals surface area contributed by atoms with Crippen LogP contribution in [0.3, 0.4) is 0 Å². The fourth-order valence-corrected chi connectivity index (χ4v) is 3.77. The molecule has 0 bridgehead atoms. The van der Waals surface area contributed by atoms with Crippen LogP contribution in [0.25, 0.3) is 0 Å². The van der Waals surface area contributed by atoms with E-state index in [-0.39, 0.29) is 0 Å². The van der Waals surface area contributed by atoms with Crippen molar-refractivity contribution in [3.05, 3.63) is 28.0 Å². The van der Waals surface area contributed by atoms with E-state index in [1.165, 1.54) is 45.3 Å². The number of hydrogen-bond acceptors (Lipinski definition) is 3. The molecule has 3 rings (SSSR count). The molecule has 2 fully saturated rings. The standard InChI is InChI=1S/C16H23Cl2N3/c17-14-3-4-16(18)19-15(14)12-21-9-5-13(6-10-21)11-20-7-1-2-8-20/h3-4,13H,1-2,5-12H2. The molecule has 3 nitrogen and oxygen atoms in total. The monoisotopic (exact) mass is 327 g/mol. The summed E-state index contributed by atoms with van der Waals surface area (Å²) in [5.41, 5.74) is 0.905. The zero-order valence-electron chi connectivity index (χ0n) is 12.4. The van der Waals surface area contributed by atoms with Gasteiger partial charge in [0.05, 0.1) is 10.7 Å². The molecule has 0 saturated carbocycles. The van der Waals surface area contributed by atoms with Crippen LogP contribution in [0.5, 0.6) is 0 Å². The molecule has 0 atom stereocenters. The topological polar surface area (TPSA) is 19.4 Å². The molecule has 2 aliphatic heterocycles. The van der Waals surface area contributed by atoms with Crippen molar-refractivity contribution < 1.29 is 0 Å². The second-order valence-corrected chi connectivity index (χ2v) is 7.08. The number of nitrogens with zero attached hydrogens (tertiary/aromatic N) is 3. The maximum absolute atomic E-state index is 6.20. The van der Waals surface area contributed by atoms with Crippen molar-refractivity contribution in [3.63, 3.8) is 0 Å². The molecule has 0 amide bonds. The van der Waals surface area contributed by atoms with Gasteiger partial charge in [-0.15, -0.1) is 0 Å². The van der Waals surface area contributed by atoms with Gasteiger partial charge in [-0.2, -0.15) is 0 Å². The number of likely N-dealkylation sites (tertiary alicyclic amines) is 2. The summed E-state index contributed by atoms with van der Waals surface area (Å²) < 4.78 is 0. The summed E-state index contributed by atoms with van der Waals surface area (Å²) in [5, 5.41) is 1.25. The molecule has 21 heavy (non-hydrogen) atoms. The number of hydrogen-bond donors (Lipinski definition) is 0. The second-order valence-electron chi connectivity index (χ2n) is 6.29. The molecule has 2 saturated heterocycles. The van der Waals surface area contributed by atoms with Gasteiger partial charge in [0.15, 0.2) is 0 Å². The molecule has 0 aromatic carbocycles. The number of piperidine rings is 1. The first-order valence-electron chi connectivity index (χ1n) is 7.96. The maximum atomic E-state index is 6.20. The lowest BCUT2D eigenvalue weighted by atomic mass is 9.96. The normalized spacial score (nSPS) is 22.0. The van der Waals surface area contributed by atoms with E-state index in [0.717, 1.165) is 36.3 Å². The van der Waals surface area contributed by atoms with Crippen LogP contribution in [-0.2, 0) is 6.54 Å². The molecule has 0 N–H and O–H groups in total. The fraction of sp³-hybridized carbons (Fsp3) is 0.688. The van der Waals surface area contributed by atoms with Crippen LogP contribution in [0.2, 0.25) is 10.2 Å². The first-order chi connectivity index (χ1) is 10.2. The third-order valence-electron chi connectivity index (χ3n) is 4.68. The molecule has 2 aliphatic rings. The van der Waals surface area contributed by atoms with Crippen molar-refractivity contribution in [3.8, 4) is 0 Å². The lowest BCUT2D eigenvalue weighted by Crippen LogP contribution is -2.37. The minimum absolute atomic E-state index is 0.526. The van der Waals surface area contributed by atoms with Crippen molar-refractivity contribution in [2.75, 3.05) is 32.7 Å². The largest absolute Gasteiger partial charge is 0.303 e. The van der Waals surface area contributed by atoms with E-state index < -0.39 is 0 Å². The van der Waals surface area contributed by atoms with Gasteiger partial charge in [0.25, 0.3) is 0 Å². The van der Waals surface area contributed by atoms with Crippen molar-refractivity contribution in [2.45, 2.75) is 32.2 Å². The number of halogens is 2. The van der Waals surface area contributed by atoms with Gasteiger partial charge in [0.2, 0.25) is 0 Å². The summed E-state index contributed by atoms with van der Waals surface area (Å²) in [6.45, 7) is 7.01. The van der Waals surface area contributed by atoms with E-state index in [4.69, 9.17) is 23.2 Å².